The van der Waals surface area contributed by atoms with Crippen molar-refractivity contribution in [3.05, 3.63) is 36.4 Å². The number of rotatable bonds is 5. The van der Waals surface area contributed by atoms with Crippen LogP contribution in [-0.2, 0) is 0 Å². The van der Waals surface area contributed by atoms with E-state index < -0.39 is 0 Å². The van der Waals surface area contributed by atoms with E-state index in [1.807, 2.05) is 44.1 Å². The minimum absolute atomic E-state index is 0.152. The summed E-state index contributed by atoms with van der Waals surface area (Å²) >= 11 is 0. The molecule has 0 amide bonds. The van der Waals surface area contributed by atoms with Gasteiger partial charge in [-0.3, -0.25) is 0 Å². The second-order valence-corrected chi connectivity index (χ2v) is 3.92. The number of aromatic hydroxyl groups is 1. The highest BCUT2D eigenvalue weighted by atomic mass is 16.3. The molecule has 0 spiro atoms. The van der Waals surface area contributed by atoms with Crippen LogP contribution in [0.5, 0.6) is 5.75 Å². The summed E-state index contributed by atoms with van der Waals surface area (Å²) in [6, 6.07) is 5.89. The molecule has 0 heterocycles. The summed E-state index contributed by atoms with van der Waals surface area (Å²) < 4.78 is 0. The van der Waals surface area contributed by atoms with E-state index in [-0.39, 0.29) is 6.04 Å². The number of anilines is 1. The highest BCUT2D eigenvalue weighted by molar-refractivity contribution is 5.53. The zero-order valence-corrected chi connectivity index (χ0v) is 10.2. The Kier molecular flexibility index (Phi) is 4.38. The van der Waals surface area contributed by atoms with Gasteiger partial charge in [0.15, 0.2) is 0 Å². The van der Waals surface area contributed by atoms with Crippen molar-refractivity contribution in [1.82, 2.24) is 5.32 Å². The maximum Gasteiger partial charge on any atom is 0.122 e. The van der Waals surface area contributed by atoms with E-state index in [2.05, 4.69) is 11.9 Å². The van der Waals surface area contributed by atoms with Crippen molar-refractivity contribution < 1.29 is 5.11 Å². The third kappa shape index (κ3) is 2.76. The number of hydrogen-bond acceptors (Lipinski definition) is 3. The second-order valence-electron chi connectivity index (χ2n) is 3.92. The third-order valence-corrected chi connectivity index (χ3v) is 2.76. The van der Waals surface area contributed by atoms with E-state index >= 15 is 0 Å². The molecule has 1 aromatic carbocycles. The van der Waals surface area contributed by atoms with Crippen molar-refractivity contribution in [2.75, 3.05) is 25.5 Å². The smallest absolute Gasteiger partial charge is 0.122 e. The van der Waals surface area contributed by atoms with Crippen LogP contribution in [0.3, 0.4) is 0 Å². The molecule has 0 aliphatic rings. The SMILES string of the molecule is C=CCN(C)c1ccc(C(C)NC)c(O)c1. The molecule has 1 atom stereocenters. The minimum atomic E-state index is 0.152. The number of nitrogens with zero attached hydrogens (tertiary/aromatic N) is 1. The predicted molar refractivity (Wildman–Crippen MR) is 69.0 cm³/mol. The summed E-state index contributed by atoms with van der Waals surface area (Å²) in [7, 11) is 3.85. The lowest BCUT2D eigenvalue weighted by molar-refractivity contribution is 0.458. The van der Waals surface area contributed by atoms with Gasteiger partial charge in [-0.1, -0.05) is 12.1 Å². The van der Waals surface area contributed by atoms with Gasteiger partial charge in [0, 0.05) is 37.0 Å². The normalized spacial score (nSPS) is 12.2. The summed E-state index contributed by atoms with van der Waals surface area (Å²) in [5, 5.41) is 13.0. The van der Waals surface area contributed by atoms with Crippen molar-refractivity contribution in [3.8, 4) is 5.75 Å². The molecule has 3 heteroatoms. The molecule has 0 aromatic heterocycles. The van der Waals surface area contributed by atoms with Crippen LogP contribution in [0.25, 0.3) is 0 Å². The number of hydrogen-bond donors (Lipinski definition) is 2. The molecule has 1 aromatic rings. The quantitative estimate of drug-likeness (QED) is 0.747. The van der Waals surface area contributed by atoms with Crippen LogP contribution in [0.2, 0.25) is 0 Å². The highest BCUT2D eigenvalue weighted by Crippen LogP contribution is 2.28. The molecule has 0 saturated carbocycles. The summed E-state index contributed by atoms with van der Waals surface area (Å²) in [5.41, 5.74) is 1.91. The molecule has 1 rings (SSSR count). The molecule has 0 saturated heterocycles. The molecule has 16 heavy (non-hydrogen) atoms. The van der Waals surface area contributed by atoms with Crippen LogP contribution in [0.1, 0.15) is 18.5 Å². The monoisotopic (exact) mass is 220 g/mol. The molecular weight excluding hydrogens is 200 g/mol. The molecule has 88 valence electrons. The van der Waals surface area contributed by atoms with Crippen molar-refractivity contribution in [1.29, 1.82) is 0 Å². The van der Waals surface area contributed by atoms with Crippen molar-refractivity contribution in [2.24, 2.45) is 0 Å². The number of nitrogens with one attached hydrogen (secondary N) is 1. The van der Waals surface area contributed by atoms with Crippen LogP contribution in [-0.4, -0.2) is 25.7 Å². The zero-order valence-electron chi connectivity index (χ0n) is 10.2. The van der Waals surface area contributed by atoms with Gasteiger partial charge in [-0.05, 0) is 20.0 Å². The van der Waals surface area contributed by atoms with Gasteiger partial charge in [0.1, 0.15) is 5.75 Å². The van der Waals surface area contributed by atoms with E-state index in [0.29, 0.717) is 5.75 Å². The third-order valence-electron chi connectivity index (χ3n) is 2.76. The molecule has 3 nitrogen and oxygen atoms in total. The van der Waals surface area contributed by atoms with Crippen LogP contribution < -0.4 is 10.2 Å². The maximum absolute atomic E-state index is 9.92. The first-order valence-electron chi connectivity index (χ1n) is 5.42. The fourth-order valence-corrected chi connectivity index (χ4v) is 1.59. The van der Waals surface area contributed by atoms with E-state index in [1.165, 1.54) is 0 Å². The number of phenolic OH excluding ortho intramolecular Hbond substituents is 1. The highest BCUT2D eigenvalue weighted by Gasteiger charge is 2.09. The Hall–Kier alpha value is -1.48. The van der Waals surface area contributed by atoms with Gasteiger partial charge in [-0.15, -0.1) is 6.58 Å². The minimum Gasteiger partial charge on any atom is -0.508 e. The van der Waals surface area contributed by atoms with Crippen molar-refractivity contribution in [3.63, 3.8) is 0 Å². The fourth-order valence-electron chi connectivity index (χ4n) is 1.59. The van der Waals surface area contributed by atoms with Crippen LogP contribution in [0, 0.1) is 0 Å². The molecule has 0 bridgehead atoms. The van der Waals surface area contributed by atoms with Gasteiger partial charge in [0.2, 0.25) is 0 Å². The average molecular weight is 220 g/mol. The first kappa shape index (κ1) is 12.6. The summed E-state index contributed by atoms with van der Waals surface area (Å²) in [4.78, 5) is 2.03. The zero-order chi connectivity index (χ0) is 12.1. The second kappa shape index (κ2) is 5.56. The van der Waals surface area contributed by atoms with Crippen LogP contribution in [0.15, 0.2) is 30.9 Å². The number of benzene rings is 1. The molecular formula is C13H20N2O. The Bertz CT molecular complexity index is 363. The van der Waals surface area contributed by atoms with Gasteiger partial charge in [0.25, 0.3) is 0 Å². The van der Waals surface area contributed by atoms with Gasteiger partial charge < -0.3 is 15.3 Å². The van der Waals surface area contributed by atoms with Crippen LogP contribution >= 0.6 is 0 Å². The first-order valence-corrected chi connectivity index (χ1v) is 5.42. The molecule has 2 N–H and O–H groups in total. The lowest BCUT2D eigenvalue weighted by Gasteiger charge is -2.19. The fraction of sp³-hybridized carbons (Fsp3) is 0.385. The molecule has 0 fully saturated rings. The van der Waals surface area contributed by atoms with E-state index in [1.54, 1.807) is 6.07 Å². The lowest BCUT2D eigenvalue weighted by atomic mass is 10.1. The van der Waals surface area contributed by atoms with E-state index in [9.17, 15) is 5.11 Å². The summed E-state index contributed by atoms with van der Waals surface area (Å²) in [5.74, 6) is 0.329. The standard InChI is InChI=1S/C13H20N2O/c1-5-8-15(4)11-6-7-12(10(2)14-3)13(16)9-11/h5-7,9-10,14,16H,1,8H2,2-4H3. The van der Waals surface area contributed by atoms with Gasteiger partial charge >= 0.3 is 0 Å². The van der Waals surface area contributed by atoms with E-state index in [0.717, 1.165) is 17.8 Å². The average Bonchev–Trinajstić information content (AvgIpc) is 2.28. The topological polar surface area (TPSA) is 35.5 Å². The number of likely N-dealkylation sites (N-methyl/N-ethyl adjacent to an activating group) is 1. The molecule has 0 aliphatic heterocycles. The molecule has 0 radical (unpaired) electrons. The van der Waals surface area contributed by atoms with E-state index in [4.69, 9.17) is 0 Å². The maximum atomic E-state index is 9.92. The Morgan fingerprint density at radius 2 is 2.25 bits per heavy atom. The molecule has 1 unspecified atom stereocenters. The van der Waals surface area contributed by atoms with Gasteiger partial charge in [0.05, 0.1) is 0 Å². The Balaban J connectivity index is 2.94. The summed E-state index contributed by atoms with van der Waals surface area (Å²) in [6.45, 7) is 6.47. The first-order chi connectivity index (χ1) is 7.60. The predicted octanol–water partition coefficient (Wildman–Crippen LogP) is 2.29. The Morgan fingerprint density at radius 1 is 1.56 bits per heavy atom. The Labute approximate surface area is 97.4 Å². The van der Waals surface area contributed by atoms with Crippen molar-refractivity contribution in [2.45, 2.75) is 13.0 Å². The molecule has 0 aliphatic carbocycles. The van der Waals surface area contributed by atoms with Crippen LogP contribution in [0.4, 0.5) is 5.69 Å². The van der Waals surface area contributed by atoms with Gasteiger partial charge in [-0.25, -0.2) is 0 Å². The lowest BCUT2D eigenvalue weighted by Crippen LogP contribution is -2.17. The summed E-state index contributed by atoms with van der Waals surface area (Å²) in [6.07, 6.45) is 1.83. The van der Waals surface area contributed by atoms with Crippen molar-refractivity contribution >= 4 is 5.69 Å². The Morgan fingerprint density at radius 3 is 2.75 bits per heavy atom. The largest absolute Gasteiger partial charge is 0.508 e. The van der Waals surface area contributed by atoms with Gasteiger partial charge in [-0.2, -0.15) is 0 Å². The number of phenols is 1.